The van der Waals surface area contributed by atoms with Gasteiger partial charge in [-0.25, -0.2) is 0 Å². The van der Waals surface area contributed by atoms with Crippen LogP contribution in [0.3, 0.4) is 0 Å². The number of hydrogen-bond acceptors (Lipinski definition) is 4. The number of nitrogens with two attached hydrogens (primary N) is 1. The minimum Gasteiger partial charge on any atom is -0.491 e. The molecule has 1 aromatic carbocycles. The van der Waals surface area contributed by atoms with Crippen LogP contribution in [0.5, 0.6) is 5.75 Å². The van der Waals surface area contributed by atoms with Crippen molar-refractivity contribution in [1.82, 2.24) is 4.90 Å². The maximum atomic E-state index is 9.81. The molecule has 3 N–H and O–H groups in total. The molecule has 0 aliphatic carbocycles. The molecule has 0 aromatic heterocycles. The van der Waals surface area contributed by atoms with E-state index >= 15 is 0 Å². The van der Waals surface area contributed by atoms with Crippen LogP contribution in [0, 0.1) is 0 Å². The van der Waals surface area contributed by atoms with Gasteiger partial charge in [-0.1, -0.05) is 13.8 Å². The molecule has 0 unspecified atom stereocenters. The smallest absolute Gasteiger partial charge is 0.119 e. The Hall–Kier alpha value is -1.26. The molecule has 0 radical (unpaired) electrons. The molecule has 4 heteroatoms. The van der Waals surface area contributed by atoms with Gasteiger partial charge < -0.3 is 20.5 Å². The van der Waals surface area contributed by atoms with Crippen LogP contribution in [-0.4, -0.2) is 42.4 Å². The van der Waals surface area contributed by atoms with Crippen LogP contribution in [0.2, 0.25) is 0 Å². The molecule has 1 rings (SSSR count). The molecular weight excluding hydrogens is 216 g/mol. The second kappa shape index (κ2) is 7.14. The van der Waals surface area contributed by atoms with Gasteiger partial charge in [0.05, 0.1) is 0 Å². The van der Waals surface area contributed by atoms with Crippen LogP contribution in [-0.2, 0) is 0 Å². The minimum absolute atomic E-state index is 0.306. The fraction of sp³-hybridized carbons (Fsp3) is 0.538. The van der Waals surface area contributed by atoms with Crippen LogP contribution >= 0.6 is 0 Å². The molecule has 17 heavy (non-hydrogen) atoms. The molecule has 96 valence electrons. The van der Waals surface area contributed by atoms with Crippen molar-refractivity contribution in [2.45, 2.75) is 20.0 Å². The Balaban J connectivity index is 2.32. The molecule has 0 bridgehead atoms. The number of benzene rings is 1. The van der Waals surface area contributed by atoms with Crippen molar-refractivity contribution in [3.8, 4) is 5.75 Å². The van der Waals surface area contributed by atoms with Gasteiger partial charge in [0, 0.05) is 12.2 Å². The van der Waals surface area contributed by atoms with Gasteiger partial charge in [-0.3, -0.25) is 0 Å². The van der Waals surface area contributed by atoms with Crippen molar-refractivity contribution >= 4 is 5.69 Å². The summed E-state index contributed by atoms with van der Waals surface area (Å²) in [5.74, 6) is 0.734. The third kappa shape index (κ3) is 5.06. The number of likely N-dealkylation sites (N-methyl/N-ethyl adjacent to an activating group) is 1. The summed E-state index contributed by atoms with van der Waals surface area (Å²) in [7, 11) is 0. The van der Waals surface area contributed by atoms with Crippen LogP contribution in [0.25, 0.3) is 0 Å². The highest BCUT2D eigenvalue weighted by molar-refractivity contribution is 5.41. The fourth-order valence-electron chi connectivity index (χ4n) is 1.59. The maximum absolute atomic E-state index is 9.81. The zero-order valence-corrected chi connectivity index (χ0v) is 10.6. The van der Waals surface area contributed by atoms with E-state index in [0.29, 0.717) is 18.8 Å². The highest BCUT2D eigenvalue weighted by Gasteiger charge is 2.09. The molecule has 0 spiro atoms. The summed E-state index contributed by atoms with van der Waals surface area (Å²) in [4.78, 5) is 2.16. The monoisotopic (exact) mass is 238 g/mol. The molecule has 0 saturated heterocycles. The van der Waals surface area contributed by atoms with Crippen molar-refractivity contribution in [1.29, 1.82) is 0 Å². The topological polar surface area (TPSA) is 58.7 Å². The van der Waals surface area contributed by atoms with E-state index in [1.165, 1.54) is 0 Å². The second-order valence-electron chi connectivity index (χ2n) is 4.02. The number of rotatable bonds is 7. The first-order valence-corrected chi connectivity index (χ1v) is 6.04. The molecule has 1 atom stereocenters. The first kappa shape index (κ1) is 13.8. The summed E-state index contributed by atoms with van der Waals surface area (Å²) in [6.45, 7) is 6.99. The van der Waals surface area contributed by atoms with Crippen molar-refractivity contribution in [3.05, 3.63) is 24.3 Å². The SMILES string of the molecule is CCN(CC)C[C@@H](O)COc1ccc(N)cc1. The molecular formula is C13H22N2O2. The largest absolute Gasteiger partial charge is 0.491 e. The first-order chi connectivity index (χ1) is 8.15. The van der Waals surface area contributed by atoms with Gasteiger partial charge in [-0.05, 0) is 37.4 Å². The van der Waals surface area contributed by atoms with Crippen LogP contribution in [0.1, 0.15) is 13.8 Å². The number of nitrogen functional groups attached to an aromatic ring is 1. The molecule has 0 saturated carbocycles. The Labute approximate surface area is 103 Å². The number of nitrogens with zero attached hydrogens (tertiary/aromatic N) is 1. The summed E-state index contributed by atoms with van der Waals surface area (Å²) < 4.78 is 5.48. The minimum atomic E-state index is -0.465. The van der Waals surface area contributed by atoms with Gasteiger partial charge in [0.15, 0.2) is 0 Å². The molecule has 4 nitrogen and oxygen atoms in total. The normalized spacial score (nSPS) is 12.7. The number of anilines is 1. The van der Waals surface area contributed by atoms with E-state index < -0.39 is 6.10 Å². The standard InChI is InChI=1S/C13H22N2O2/c1-3-15(4-2)9-12(16)10-17-13-7-5-11(14)6-8-13/h5-8,12,16H,3-4,9-10,14H2,1-2H3/t12-/m1/s1. The lowest BCUT2D eigenvalue weighted by atomic mass is 10.3. The lowest BCUT2D eigenvalue weighted by Crippen LogP contribution is -2.35. The predicted octanol–water partition coefficient (Wildman–Crippen LogP) is 1.35. The Morgan fingerprint density at radius 3 is 2.35 bits per heavy atom. The van der Waals surface area contributed by atoms with Gasteiger partial charge in [0.25, 0.3) is 0 Å². The van der Waals surface area contributed by atoms with E-state index in [4.69, 9.17) is 10.5 Å². The Morgan fingerprint density at radius 1 is 1.24 bits per heavy atom. The van der Waals surface area contributed by atoms with Crippen molar-refractivity contribution in [2.24, 2.45) is 0 Å². The van der Waals surface area contributed by atoms with Crippen LogP contribution in [0.15, 0.2) is 24.3 Å². The number of ether oxygens (including phenoxy) is 1. The lowest BCUT2D eigenvalue weighted by molar-refractivity contribution is 0.0716. The van der Waals surface area contributed by atoms with Gasteiger partial charge in [0.1, 0.15) is 18.5 Å². The molecule has 0 amide bonds. The molecule has 0 fully saturated rings. The van der Waals surface area contributed by atoms with E-state index in [-0.39, 0.29) is 0 Å². The number of aliphatic hydroxyl groups excluding tert-OH is 1. The van der Waals surface area contributed by atoms with E-state index in [2.05, 4.69) is 18.7 Å². The van der Waals surface area contributed by atoms with Crippen molar-refractivity contribution in [2.75, 3.05) is 32.0 Å². The zero-order chi connectivity index (χ0) is 12.7. The molecule has 1 aromatic rings. The summed E-state index contributed by atoms with van der Waals surface area (Å²) in [5.41, 5.74) is 6.28. The summed E-state index contributed by atoms with van der Waals surface area (Å²) in [5, 5.41) is 9.81. The van der Waals surface area contributed by atoms with E-state index in [1.54, 1.807) is 24.3 Å². The first-order valence-electron chi connectivity index (χ1n) is 6.04. The van der Waals surface area contributed by atoms with Crippen molar-refractivity contribution < 1.29 is 9.84 Å². The number of hydrogen-bond donors (Lipinski definition) is 2. The average molecular weight is 238 g/mol. The molecule has 0 aliphatic heterocycles. The number of aliphatic hydroxyl groups is 1. The van der Waals surface area contributed by atoms with Crippen LogP contribution in [0.4, 0.5) is 5.69 Å². The van der Waals surface area contributed by atoms with Crippen LogP contribution < -0.4 is 10.5 Å². The van der Waals surface area contributed by atoms with Gasteiger partial charge in [-0.15, -0.1) is 0 Å². The Morgan fingerprint density at radius 2 is 1.82 bits per heavy atom. The van der Waals surface area contributed by atoms with E-state index in [9.17, 15) is 5.11 Å². The Bertz CT molecular complexity index is 310. The summed E-state index contributed by atoms with van der Waals surface area (Å²) in [6, 6.07) is 7.18. The van der Waals surface area contributed by atoms with Gasteiger partial charge in [-0.2, -0.15) is 0 Å². The zero-order valence-electron chi connectivity index (χ0n) is 10.6. The van der Waals surface area contributed by atoms with Gasteiger partial charge >= 0.3 is 0 Å². The quantitative estimate of drug-likeness (QED) is 0.704. The third-order valence-corrected chi connectivity index (χ3v) is 2.69. The van der Waals surface area contributed by atoms with Crippen molar-refractivity contribution in [3.63, 3.8) is 0 Å². The summed E-state index contributed by atoms with van der Waals surface area (Å²) >= 11 is 0. The second-order valence-corrected chi connectivity index (χ2v) is 4.02. The Kier molecular flexibility index (Phi) is 5.80. The highest BCUT2D eigenvalue weighted by atomic mass is 16.5. The molecule has 0 heterocycles. The maximum Gasteiger partial charge on any atom is 0.119 e. The fourth-order valence-corrected chi connectivity index (χ4v) is 1.59. The summed E-state index contributed by atoms with van der Waals surface area (Å²) in [6.07, 6.45) is -0.465. The average Bonchev–Trinajstić information content (AvgIpc) is 2.35. The van der Waals surface area contributed by atoms with Gasteiger partial charge in [0.2, 0.25) is 0 Å². The lowest BCUT2D eigenvalue weighted by Gasteiger charge is -2.21. The predicted molar refractivity (Wildman–Crippen MR) is 70.1 cm³/mol. The highest BCUT2D eigenvalue weighted by Crippen LogP contribution is 2.13. The third-order valence-electron chi connectivity index (χ3n) is 2.69. The van der Waals surface area contributed by atoms with E-state index in [0.717, 1.165) is 18.8 Å². The molecule has 0 aliphatic rings. The van der Waals surface area contributed by atoms with E-state index in [1.807, 2.05) is 0 Å².